The molecule has 2 atom stereocenters. The lowest BCUT2D eigenvalue weighted by Crippen LogP contribution is -2.15. The van der Waals surface area contributed by atoms with E-state index in [0.717, 1.165) is 12.0 Å². The third kappa shape index (κ3) is 5.00. The molecule has 2 unspecified atom stereocenters. The highest BCUT2D eigenvalue weighted by atomic mass is 16.4. The Morgan fingerprint density at radius 2 is 1.88 bits per heavy atom. The summed E-state index contributed by atoms with van der Waals surface area (Å²) in [6.07, 6.45) is 1.83. The summed E-state index contributed by atoms with van der Waals surface area (Å²) in [7, 11) is 0. The van der Waals surface area contributed by atoms with Crippen LogP contribution >= 0.6 is 0 Å². The Bertz CT molecular complexity index is 335. The predicted octanol–water partition coefficient (Wildman–Crippen LogP) is 2.80. The zero-order valence-electron chi connectivity index (χ0n) is 10.2. The zero-order valence-corrected chi connectivity index (χ0v) is 10.2. The summed E-state index contributed by atoms with van der Waals surface area (Å²) >= 11 is 0. The van der Waals surface area contributed by atoms with Crippen LogP contribution in [0.1, 0.15) is 44.1 Å². The van der Waals surface area contributed by atoms with Crippen molar-refractivity contribution in [1.82, 2.24) is 0 Å². The van der Waals surface area contributed by atoms with Crippen molar-refractivity contribution in [1.29, 1.82) is 0 Å². The summed E-state index contributed by atoms with van der Waals surface area (Å²) in [6.45, 7) is 2.00. The Hall–Kier alpha value is -1.35. The molecule has 0 saturated carbocycles. The predicted molar refractivity (Wildman–Crippen MR) is 67.0 cm³/mol. The lowest BCUT2D eigenvalue weighted by atomic mass is 9.92. The van der Waals surface area contributed by atoms with Crippen molar-refractivity contribution >= 4 is 5.97 Å². The van der Waals surface area contributed by atoms with E-state index in [4.69, 9.17) is 5.11 Å². The molecule has 1 aromatic rings. The van der Waals surface area contributed by atoms with E-state index < -0.39 is 12.1 Å². The Morgan fingerprint density at radius 1 is 1.24 bits per heavy atom. The van der Waals surface area contributed by atoms with Gasteiger partial charge in [-0.2, -0.15) is 0 Å². The fourth-order valence-corrected chi connectivity index (χ4v) is 1.86. The number of benzene rings is 1. The molecular formula is C14H20O3. The molecular weight excluding hydrogens is 216 g/mol. The van der Waals surface area contributed by atoms with Crippen LogP contribution in [0.25, 0.3) is 0 Å². The monoisotopic (exact) mass is 236 g/mol. The summed E-state index contributed by atoms with van der Waals surface area (Å²) < 4.78 is 0. The molecule has 0 aromatic heterocycles. The van der Waals surface area contributed by atoms with Gasteiger partial charge in [0.05, 0.1) is 6.10 Å². The summed E-state index contributed by atoms with van der Waals surface area (Å²) in [5.41, 5.74) is 1.12. The third-order valence-corrected chi connectivity index (χ3v) is 3.04. The zero-order chi connectivity index (χ0) is 12.7. The average molecular weight is 236 g/mol. The average Bonchev–Trinajstić information content (AvgIpc) is 2.34. The second-order valence-corrected chi connectivity index (χ2v) is 4.41. The van der Waals surface area contributed by atoms with Gasteiger partial charge in [0, 0.05) is 12.3 Å². The normalized spacial score (nSPS) is 14.2. The van der Waals surface area contributed by atoms with Gasteiger partial charge in [0.25, 0.3) is 0 Å². The molecule has 0 heterocycles. The van der Waals surface area contributed by atoms with Crippen LogP contribution in [0, 0.1) is 0 Å². The van der Waals surface area contributed by atoms with E-state index in [9.17, 15) is 9.90 Å². The molecule has 0 aliphatic carbocycles. The van der Waals surface area contributed by atoms with E-state index in [-0.39, 0.29) is 12.3 Å². The Morgan fingerprint density at radius 3 is 2.47 bits per heavy atom. The highest BCUT2D eigenvalue weighted by molar-refractivity contribution is 5.66. The number of unbranched alkanes of at least 4 members (excludes halogenated alkanes) is 1. The summed E-state index contributed by atoms with van der Waals surface area (Å²) in [4.78, 5) is 10.3. The maximum absolute atomic E-state index is 10.3. The van der Waals surface area contributed by atoms with Gasteiger partial charge in [-0.3, -0.25) is 4.79 Å². The molecule has 0 radical (unpaired) electrons. The van der Waals surface area contributed by atoms with Crippen LogP contribution < -0.4 is 0 Å². The molecule has 94 valence electrons. The first kappa shape index (κ1) is 13.7. The van der Waals surface area contributed by atoms with Crippen molar-refractivity contribution in [2.75, 3.05) is 0 Å². The van der Waals surface area contributed by atoms with Crippen LogP contribution in [0.15, 0.2) is 30.3 Å². The van der Waals surface area contributed by atoms with Gasteiger partial charge in [0.2, 0.25) is 0 Å². The van der Waals surface area contributed by atoms with Crippen LogP contribution in [-0.2, 0) is 4.79 Å². The van der Waals surface area contributed by atoms with Gasteiger partial charge in [-0.25, -0.2) is 0 Å². The lowest BCUT2D eigenvalue weighted by Gasteiger charge is -2.19. The smallest absolute Gasteiger partial charge is 0.303 e. The molecule has 3 nitrogen and oxygen atoms in total. The number of carboxylic acid groups (broad SMARTS) is 1. The topological polar surface area (TPSA) is 57.5 Å². The largest absolute Gasteiger partial charge is 0.481 e. The van der Waals surface area contributed by atoms with Crippen LogP contribution in [0.3, 0.4) is 0 Å². The fourth-order valence-electron chi connectivity index (χ4n) is 1.86. The second kappa shape index (κ2) is 7.07. The van der Waals surface area contributed by atoms with Gasteiger partial charge in [0.1, 0.15) is 0 Å². The molecule has 0 spiro atoms. The first-order chi connectivity index (χ1) is 8.11. The summed E-state index contributed by atoms with van der Waals surface area (Å²) in [5.74, 6) is -0.670. The number of carboxylic acids is 1. The van der Waals surface area contributed by atoms with Gasteiger partial charge in [-0.05, 0) is 18.4 Å². The quantitative estimate of drug-likeness (QED) is 0.716. The van der Waals surface area contributed by atoms with Crippen LogP contribution in [-0.4, -0.2) is 22.3 Å². The van der Waals surface area contributed by atoms with Crippen LogP contribution in [0.5, 0.6) is 0 Å². The Labute approximate surface area is 102 Å². The number of hydrogen-bond donors (Lipinski definition) is 2. The molecule has 0 aliphatic heterocycles. The van der Waals surface area contributed by atoms with E-state index in [1.165, 1.54) is 0 Å². The highest BCUT2D eigenvalue weighted by Gasteiger charge is 2.15. The Balaban J connectivity index is 2.32. The first-order valence-corrected chi connectivity index (χ1v) is 6.06. The minimum absolute atomic E-state index is 0.0982. The van der Waals surface area contributed by atoms with Crippen molar-refractivity contribution in [3.05, 3.63) is 35.9 Å². The molecule has 2 N–H and O–H groups in total. The number of rotatable bonds is 7. The molecule has 0 bridgehead atoms. The van der Waals surface area contributed by atoms with Gasteiger partial charge in [-0.1, -0.05) is 43.7 Å². The van der Waals surface area contributed by atoms with Gasteiger partial charge >= 0.3 is 5.97 Å². The molecule has 0 fully saturated rings. The molecule has 0 saturated heterocycles. The molecule has 1 rings (SSSR count). The molecule has 1 aromatic carbocycles. The lowest BCUT2D eigenvalue weighted by molar-refractivity contribution is -0.137. The van der Waals surface area contributed by atoms with Crippen molar-refractivity contribution in [2.24, 2.45) is 0 Å². The van der Waals surface area contributed by atoms with Crippen LogP contribution in [0.4, 0.5) is 0 Å². The van der Waals surface area contributed by atoms with Crippen molar-refractivity contribution in [3.8, 4) is 0 Å². The molecule has 0 amide bonds. The van der Waals surface area contributed by atoms with Crippen molar-refractivity contribution in [2.45, 2.75) is 44.6 Å². The van der Waals surface area contributed by atoms with E-state index >= 15 is 0 Å². The van der Waals surface area contributed by atoms with Crippen molar-refractivity contribution in [3.63, 3.8) is 0 Å². The van der Waals surface area contributed by atoms with E-state index in [0.29, 0.717) is 12.8 Å². The highest BCUT2D eigenvalue weighted by Crippen LogP contribution is 2.22. The number of aliphatic hydroxyl groups is 1. The standard InChI is InChI=1S/C14H20O3/c1-11(12-7-3-2-4-8-12)13(15)9-5-6-10-14(16)17/h2-4,7-8,11,13,15H,5-6,9-10H2,1H3,(H,16,17). The summed E-state index contributed by atoms with van der Waals surface area (Å²) in [6, 6.07) is 9.89. The minimum atomic E-state index is -0.768. The van der Waals surface area contributed by atoms with E-state index in [1.54, 1.807) is 0 Å². The molecule has 3 heteroatoms. The van der Waals surface area contributed by atoms with Gasteiger partial charge < -0.3 is 10.2 Å². The van der Waals surface area contributed by atoms with Gasteiger partial charge in [-0.15, -0.1) is 0 Å². The van der Waals surface area contributed by atoms with Crippen molar-refractivity contribution < 1.29 is 15.0 Å². The summed E-state index contributed by atoms with van der Waals surface area (Å²) in [5, 5.41) is 18.5. The van der Waals surface area contributed by atoms with Crippen LogP contribution in [0.2, 0.25) is 0 Å². The minimum Gasteiger partial charge on any atom is -0.481 e. The van der Waals surface area contributed by atoms with Gasteiger partial charge in [0.15, 0.2) is 0 Å². The third-order valence-electron chi connectivity index (χ3n) is 3.04. The van der Waals surface area contributed by atoms with E-state index in [1.807, 2.05) is 37.3 Å². The number of aliphatic carboxylic acids is 1. The molecule has 17 heavy (non-hydrogen) atoms. The fraction of sp³-hybridized carbons (Fsp3) is 0.500. The molecule has 0 aliphatic rings. The maximum Gasteiger partial charge on any atom is 0.303 e. The maximum atomic E-state index is 10.3. The number of hydrogen-bond acceptors (Lipinski definition) is 2. The number of carbonyl (C=O) groups is 1. The Kier molecular flexibility index (Phi) is 5.70. The first-order valence-electron chi connectivity index (χ1n) is 6.06. The van der Waals surface area contributed by atoms with E-state index in [2.05, 4.69) is 0 Å². The SMILES string of the molecule is CC(c1ccccc1)C(O)CCCCC(=O)O. The second-order valence-electron chi connectivity index (χ2n) is 4.41. The number of aliphatic hydroxyl groups excluding tert-OH is 1.